The average Bonchev–Trinajstić information content (AvgIpc) is 2.17. The van der Waals surface area contributed by atoms with Crippen LogP contribution in [-0.4, -0.2) is 13.3 Å². The van der Waals surface area contributed by atoms with Gasteiger partial charge in [0.05, 0.1) is 0 Å². The lowest BCUT2D eigenvalue weighted by molar-refractivity contribution is 0.668. The zero-order valence-electron chi connectivity index (χ0n) is 8.92. The molecule has 0 aromatic heterocycles. The second kappa shape index (κ2) is 9.24. The van der Waals surface area contributed by atoms with Gasteiger partial charge in [0.15, 0.2) is 0 Å². The minimum atomic E-state index is 1.13. The first-order chi connectivity index (χ1) is 6.35. The van der Waals surface area contributed by atoms with Crippen LogP contribution >= 0.6 is 0 Å². The SMILES string of the molecule is C=C/C(=C\C=NC)CCCCCC. The number of hydrogen-bond donors (Lipinski definition) is 0. The highest BCUT2D eigenvalue weighted by Gasteiger charge is 1.91. The van der Waals surface area contributed by atoms with Crippen LogP contribution in [0, 0.1) is 0 Å². The van der Waals surface area contributed by atoms with E-state index >= 15 is 0 Å². The quantitative estimate of drug-likeness (QED) is 0.320. The summed E-state index contributed by atoms with van der Waals surface area (Å²) in [5.74, 6) is 0. The van der Waals surface area contributed by atoms with Gasteiger partial charge < -0.3 is 0 Å². The van der Waals surface area contributed by atoms with Crippen LogP contribution < -0.4 is 0 Å². The fraction of sp³-hybridized carbons (Fsp3) is 0.583. The minimum absolute atomic E-state index is 1.13. The van der Waals surface area contributed by atoms with Gasteiger partial charge in [0, 0.05) is 13.3 Å². The minimum Gasteiger partial charge on any atom is -0.297 e. The van der Waals surface area contributed by atoms with Gasteiger partial charge in [0.2, 0.25) is 0 Å². The molecule has 0 aromatic rings. The molecule has 0 rings (SSSR count). The average molecular weight is 179 g/mol. The number of aliphatic imine (C=N–C) groups is 1. The Hall–Kier alpha value is -0.850. The Balaban J connectivity index is 3.65. The first kappa shape index (κ1) is 12.2. The molecule has 0 radical (unpaired) electrons. The first-order valence-corrected chi connectivity index (χ1v) is 5.09. The Morgan fingerprint density at radius 2 is 2.08 bits per heavy atom. The smallest absolute Gasteiger partial charge is 0.0277 e. The van der Waals surface area contributed by atoms with Crippen molar-refractivity contribution in [2.24, 2.45) is 4.99 Å². The fourth-order valence-corrected chi connectivity index (χ4v) is 1.18. The Morgan fingerprint density at radius 1 is 1.31 bits per heavy atom. The van der Waals surface area contributed by atoms with Crippen LogP contribution in [0.3, 0.4) is 0 Å². The zero-order chi connectivity index (χ0) is 9.94. The van der Waals surface area contributed by atoms with E-state index in [0.717, 1.165) is 6.42 Å². The molecule has 0 saturated carbocycles. The van der Waals surface area contributed by atoms with Crippen molar-refractivity contribution < 1.29 is 0 Å². The van der Waals surface area contributed by atoms with E-state index in [2.05, 4.69) is 18.5 Å². The van der Waals surface area contributed by atoms with Crippen molar-refractivity contribution in [3.05, 3.63) is 24.3 Å². The van der Waals surface area contributed by atoms with Crippen LogP contribution in [0.5, 0.6) is 0 Å². The van der Waals surface area contributed by atoms with Crippen LogP contribution in [0.4, 0.5) is 0 Å². The molecule has 0 fully saturated rings. The summed E-state index contributed by atoms with van der Waals surface area (Å²) < 4.78 is 0. The maximum Gasteiger partial charge on any atom is 0.0277 e. The number of unbranched alkanes of at least 4 members (excludes halogenated alkanes) is 3. The summed E-state index contributed by atoms with van der Waals surface area (Å²) in [6.45, 7) is 6.01. The molecule has 13 heavy (non-hydrogen) atoms. The summed E-state index contributed by atoms with van der Waals surface area (Å²) >= 11 is 0. The van der Waals surface area contributed by atoms with Gasteiger partial charge in [-0.1, -0.05) is 38.8 Å². The van der Waals surface area contributed by atoms with Crippen molar-refractivity contribution in [1.29, 1.82) is 0 Å². The van der Waals surface area contributed by atoms with Crippen molar-refractivity contribution in [3.63, 3.8) is 0 Å². The maximum absolute atomic E-state index is 3.92. The van der Waals surface area contributed by atoms with Crippen LogP contribution in [0.15, 0.2) is 29.3 Å². The Kier molecular flexibility index (Phi) is 8.64. The summed E-state index contributed by atoms with van der Waals surface area (Å²) in [5, 5.41) is 0. The van der Waals surface area contributed by atoms with Crippen molar-refractivity contribution in [3.8, 4) is 0 Å². The van der Waals surface area contributed by atoms with E-state index < -0.39 is 0 Å². The lowest BCUT2D eigenvalue weighted by atomic mass is 10.1. The molecule has 1 nitrogen and oxygen atoms in total. The van der Waals surface area contributed by atoms with Gasteiger partial charge in [0.1, 0.15) is 0 Å². The van der Waals surface area contributed by atoms with Crippen LogP contribution in [-0.2, 0) is 0 Å². The van der Waals surface area contributed by atoms with Gasteiger partial charge in [-0.05, 0) is 24.5 Å². The zero-order valence-corrected chi connectivity index (χ0v) is 8.92. The summed E-state index contributed by atoms with van der Waals surface area (Å²) in [6.07, 6.45) is 12.2. The third kappa shape index (κ3) is 7.51. The summed E-state index contributed by atoms with van der Waals surface area (Å²) in [7, 11) is 1.79. The van der Waals surface area contributed by atoms with Crippen LogP contribution in [0.2, 0.25) is 0 Å². The van der Waals surface area contributed by atoms with E-state index in [4.69, 9.17) is 0 Å². The van der Waals surface area contributed by atoms with Crippen molar-refractivity contribution in [1.82, 2.24) is 0 Å². The standard InChI is InChI=1S/C12H21N/c1-4-6-7-8-9-12(5-2)10-11-13-3/h5,10-11H,2,4,6-9H2,1,3H3/b12-10+,13-11?. The number of rotatable bonds is 7. The van der Waals surface area contributed by atoms with E-state index in [1.54, 1.807) is 7.05 Å². The molecule has 0 heterocycles. The summed E-state index contributed by atoms with van der Waals surface area (Å²) in [4.78, 5) is 3.92. The molecule has 0 atom stereocenters. The highest BCUT2D eigenvalue weighted by atomic mass is 14.6. The molecule has 0 bridgehead atoms. The largest absolute Gasteiger partial charge is 0.297 e. The van der Waals surface area contributed by atoms with Gasteiger partial charge >= 0.3 is 0 Å². The second-order valence-corrected chi connectivity index (χ2v) is 3.16. The molecule has 74 valence electrons. The van der Waals surface area contributed by atoms with Crippen molar-refractivity contribution >= 4 is 6.21 Å². The lowest BCUT2D eigenvalue weighted by Gasteiger charge is -1.99. The third-order valence-electron chi connectivity index (χ3n) is 2.02. The Morgan fingerprint density at radius 3 is 2.62 bits per heavy atom. The number of nitrogens with zero attached hydrogens (tertiary/aromatic N) is 1. The van der Waals surface area contributed by atoms with Gasteiger partial charge in [-0.2, -0.15) is 0 Å². The number of hydrogen-bond acceptors (Lipinski definition) is 1. The summed E-state index contributed by atoms with van der Waals surface area (Å²) in [6, 6.07) is 0. The van der Waals surface area contributed by atoms with E-state index in [1.807, 2.05) is 18.4 Å². The normalized spacial score (nSPS) is 12.3. The highest BCUT2D eigenvalue weighted by Crippen LogP contribution is 2.10. The van der Waals surface area contributed by atoms with Crippen LogP contribution in [0.1, 0.15) is 39.0 Å². The predicted octanol–water partition coefficient (Wildman–Crippen LogP) is 3.77. The second-order valence-electron chi connectivity index (χ2n) is 3.16. The molecule has 1 heteroatoms. The van der Waals surface area contributed by atoms with Crippen LogP contribution in [0.25, 0.3) is 0 Å². The van der Waals surface area contributed by atoms with E-state index in [9.17, 15) is 0 Å². The molecular weight excluding hydrogens is 158 g/mol. The monoisotopic (exact) mass is 179 g/mol. The maximum atomic E-state index is 3.92. The van der Waals surface area contributed by atoms with Crippen molar-refractivity contribution in [2.75, 3.05) is 7.05 Å². The molecule has 0 N–H and O–H groups in total. The predicted molar refractivity (Wildman–Crippen MR) is 61.5 cm³/mol. The molecule has 0 aliphatic carbocycles. The number of allylic oxidation sites excluding steroid dienone is 3. The molecule has 0 unspecified atom stereocenters. The Bertz CT molecular complexity index is 178. The molecule has 0 amide bonds. The topological polar surface area (TPSA) is 12.4 Å². The molecule has 0 aliphatic heterocycles. The van der Waals surface area contributed by atoms with Crippen molar-refractivity contribution in [2.45, 2.75) is 39.0 Å². The van der Waals surface area contributed by atoms with Gasteiger partial charge in [0.25, 0.3) is 0 Å². The van der Waals surface area contributed by atoms with E-state index in [1.165, 1.54) is 31.3 Å². The molecule has 0 saturated heterocycles. The first-order valence-electron chi connectivity index (χ1n) is 5.09. The lowest BCUT2D eigenvalue weighted by Crippen LogP contribution is -1.82. The molecule has 0 aliphatic rings. The van der Waals surface area contributed by atoms with E-state index in [-0.39, 0.29) is 0 Å². The summed E-state index contributed by atoms with van der Waals surface area (Å²) in [5.41, 5.74) is 1.29. The third-order valence-corrected chi connectivity index (χ3v) is 2.02. The molecular formula is C12H21N. The Labute approximate surface area is 82.3 Å². The molecule has 0 spiro atoms. The van der Waals surface area contributed by atoms with Gasteiger partial charge in [-0.15, -0.1) is 0 Å². The fourth-order valence-electron chi connectivity index (χ4n) is 1.18. The van der Waals surface area contributed by atoms with Gasteiger partial charge in [-0.25, -0.2) is 0 Å². The highest BCUT2D eigenvalue weighted by molar-refractivity contribution is 5.72. The molecule has 0 aromatic carbocycles. The van der Waals surface area contributed by atoms with E-state index in [0.29, 0.717) is 0 Å². The van der Waals surface area contributed by atoms with Gasteiger partial charge in [-0.3, -0.25) is 4.99 Å².